The lowest BCUT2D eigenvalue weighted by Gasteiger charge is -2.20. The first-order chi connectivity index (χ1) is 10.1. The maximum atomic E-state index is 12.2. The monoisotopic (exact) mass is 289 g/mol. The maximum Gasteiger partial charge on any atom is 0.416 e. The zero-order valence-corrected chi connectivity index (χ0v) is 11.9. The predicted molar refractivity (Wildman–Crippen MR) is 77.6 cm³/mol. The Morgan fingerprint density at radius 1 is 1.48 bits per heavy atom. The van der Waals surface area contributed by atoms with E-state index in [-0.39, 0.29) is 19.1 Å². The van der Waals surface area contributed by atoms with Crippen LogP contribution in [0.3, 0.4) is 0 Å². The number of cyclic esters (lactones) is 1. The molecule has 0 aliphatic carbocycles. The molecule has 1 aromatic rings. The minimum Gasteiger partial charge on any atom is -0.447 e. The van der Waals surface area contributed by atoms with Crippen LogP contribution in [0, 0.1) is 0 Å². The molecule has 2 amide bonds. The van der Waals surface area contributed by atoms with Gasteiger partial charge in [0.2, 0.25) is 5.91 Å². The molecule has 1 fully saturated rings. The number of aliphatic hydroxyl groups is 1. The number of carbonyl (C=O) groups excluding carboxylic acids is 2. The van der Waals surface area contributed by atoms with Crippen LogP contribution in [-0.2, 0) is 16.0 Å². The molecule has 5 nitrogen and oxygen atoms in total. The summed E-state index contributed by atoms with van der Waals surface area (Å²) in [5.41, 5.74) is 1.03. The molecule has 1 N–H and O–H groups in total. The van der Waals surface area contributed by atoms with Gasteiger partial charge in [0.25, 0.3) is 0 Å². The topological polar surface area (TPSA) is 66.8 Å². The fraction of sp³-hybridized carbons (Fsp3) is 0.375. The molecule has 0 spiro atoms. The van der Waals surface area contributed by atoms with Gasteiger partial charge in [-0.1, -0.05) is 42.5 Å². The summed E-state index contributed by atoms with van der Waals surface area (Å²) in [5.74, 6) is -0.413. The molecular formula is C16H19NO4. The molecule has 0 unspecified atom stereocenters. The van der Waals surface area contributed by atoms with E-state index in [4.69, 9.17) is 4.74 Å². The average Bonchev–Trinajstić information content (AvgIpc) is 2.81. The number of rotatable bonds is 5. The smallest absolute Gasteiger partial charge is 0.416 e. The highest BCUT2D eigenvalue weighted by atomic mass is 16.6. The second kappa shape index (κ2) is 7.04. The normalized spacial score (nSPS) is 19.8. The van der Waals surface area contributed by atoms with E-state index in [1.54, 1.807) is 13.0 Å². The van der Waals surface area contributed by atoms with Crippen LogP contribution in [0.5, 0.6) is 0 Å². The fourth-order valence-electron chi connectivity index (χ4n) is 2.37. The summed E-state index contributed by atoms with van der Waals surface area (Å²) in [6.45, 7) is 1.95. The lowest BCUT2D eigenvalue weighted by molar-refractivity contribution is -0.130. The average molecular weight is 289 g/mol. The molecule has 1 heterocycles. The number of carbonyl (C=O) groups is 2. The zero-order chi connectivity index (χ0) is 15.2. The molecule has 112 valence electrons. The third-order valence-corrected chi connectivity index (χ3v) is 3.34. The molecule has 0 aromatic heterocycles. The van der Waals surface area contributed by atoms with Gasteiger partial charge in [0.15, 0.2) is 0 Å². The van der Waals surface area contributed by atoms with Gasteiger partial charge in [-0.25, -0.2) is 9.69 Å². The van der Waals surface area contributed by atoms with E-state index in [2.05, 4.69) is 0 Å². The van der Waals surface area contributed by atoms with Crippen LogP contribution in [0.1, 0.15) is 18.9 Å². The SMILES string of the molecule is C/C=C/[C@H](O)CC(=O)N1C(=O)OC[C@H]1Cc1ccccc1. The number of imide groups is 1. The Kier molecular flexibility index (Phi) is 5.11. The third kappa shape index (κ3) is 3.92. The van der Waals surface area contributed by atoms with Gasteiger partial charge < -0.3 is 9.84 Å². The minimum absolute atomic E-state index is 0.120. The molecule has 1 aromatic carbocycles. The molecular weight excluding hydrogens is 270 g/mol. The molecule has 0 radical (unpaired) electrons. The summed E-state index contributed by atoms with van der Waals surface area (Å²) in [6.07, 6.45) is 2.11. The lowest BCUT2D eigenvalue weighted by atomic mass is 10.1. The number of aliphatic hydroxyl groups excluding tert-OH is 1. The Morgan fingerprint density at radius 2 is 2.19 bits per heavy atom. The van der Waals surface area contributed by atoms with Crippen molar-refractivity contribution in [1.82, 2.24) is 4.90 Å². The number of nitrogens with zero attached hydrogens (tertiary/aromatic N) is 1. The standard InChI is InChI=1S/C16H19NO4/c1-2-6-14(18)10-15(19)17-13(11-21-16(17)20)9-12-7-4-3-5-8-12/h2-8,13-14,18H,9-11H2,1H3/b6-2+/t13-,14+/m1/s1. The van der Waals surface area contributed by atoms with E-state index in [0.29, 0.717) is 6.42 Å². The highest BCUT2D eigenvalue weighted by Gasteiger charge is 2.38. The van der Waals surface area contributed by atoms with Crippen molar-refractivity contribution in [3.8, 4) is 0 Å². The van der Waals surface area contributed by atoms with Gasteiger partial charge in [-0.15, -0.1) is 0 Å². The molecule has 2 rings (SSSR count). The van der Waals surface area contributed by atoms with Crippen LogP contribution in [0.4, 0.5) is 4.79 Å². The van der Waals surface area contributed by atoms with Crippen molar-refractivity contribution in [2.45, 2.75) is 31.9 Å². The quantitative estimate of drug-likeness (QED) is 0.841. The fourth-order valence-corrected chi connectivity index (χ4v) is 2.37. The maximum absolute atomic E-state index is 12.2. The number of benzene rings is 1. The van der Waals surface area contributed by atoms with Crippen LogP contribution >= 0.6 is 0 Å². The highest BCUT2D eigenvalue weighted by molar-refractivity contribution is 5.93. The van der Waals surface area contributed by atoms with Crippen molar-refractivity contribution in [3.63, 3.8) is 0 Å². The first kappa shape index (κ1) is 15.3. The Morgan fingerprint density at radius 3 is 2.86 bits per heavy atom. The summed E-state index contributed by atoms with van der Waals surface area (Å²) in [5, 5.41) is 9.66. The van der Waals surface area contributed by atoms with E-state index < -0.39 is 18.1 Å². The second-order valence-corrected chi connectivity index (χ2v) is 4.98. The van der Waals surface area contributed by atoms with Crippen molar-refractivity contribution in [2.75, 3.05) is 6.61 Å². The van der Waals surface area contributed by atoms with Gasteiger partial charge in [0, 0.05) is 0 Å². The van der Waals surface area contributed by atoms with Crippen LogP contribution in [0.25, 0.3) is 0 Å². The van der Waals surface area contributed by atoms with E-state index in [9.17, 15) is 14.7 Å². The number of ether oxygens (including phenoxy) is 1. The molecule has 0 bridgehead atoms. The van der Waals surface area contributed by atoms with E-state index in [1.165, 1.54) is 6.08 Å². The summed E-state index contributed by atoms with van der Waals surface area (Å²) in [6, 6.07) is 9.31. The van der Waals surface area contributed by atoms with E-state index in [0.717, 1.165) is 10.5 Å². The van der Waals surface area contributed by atoms with Crippen LogP contribution < -0.4 is 0 Å². The number of amides is 2. The van der Waals surface area contributed by atoms with Crippen LogP contribution in [0.15, 0.2) is 42.5 Å². The minimum atomic E-state index is -0.881. The lowest BCUT2D eigenvalue weighted by Crippen LogP contribution is -2.41. The highest BCUT2D eigenvalue weighted by Crippen LogP contribution is 2.19. The van der Waals surface area contributed by atoms with Gasteiger partial charge in [-0.05, 0) is 18.9 Å². The van der Waals surface area contributed by atoms with E-state index >= 15 is 0 Å². The third-order valence-electron chi connectivity index (χ3n) is 3.34. The Hall–Kier alpha value is -2.14. The largest absolute Gasteiger partial charge is 0.447 e. The van der Waals surface area contributed by atoms with Gasteiger partial charge in [-0.3, -0.25) is 4.79 Å². The summed E-state index contributed by atoms with van der Waals surface area (Å²) < 4.78 is 4.98. The van der Waals surface area contributed by atoms with Gasteiger partial charge in [0.1, 0.15) is 6.61 Å². The zero-order valence-electron chi connectivity index (χ0n) is 11.9. The van der Waals surface area contributed by atoms with Crippen LogP contribution in [0.2, 0.25) is 0 Å². The second-order valence-electron chi connectivity index (χ2n) is 4.98. The number of hydrogen-bond donors (Lipinski definition) is 1. The van der Waals surface area contributed by atoms with Gasteiger partial charge >= 0.3 is 6.09 Å². The Bertz CT molecular complexity index is 526. The Balaban J connectivity index is 2.04. The first-order valence-electron chi connectivity index (χ1n) is 6.95. The molecule has 1 saturated heterocycles. The van der Waals surface area contributed by atoms with Crippen molar-refractivity contribution in [1.29, 1.82) is 0 Å². The van der Waals surface area contributed by atoms with Crippen molar-refractivity contribution in [2.24, 2.45) is 0 Å². The summed E-state index contributed by atoms with van der Waals surface area (Å²) in [4.78, 5) is 25.0. The summed E-state index contributed by atoms with van der Waals surface area (Å²) in [7, 11) is 0. The molecule has 21 heavy (non-hydrogen) atoms. The molecule has 2 atom stereocenters. The van der Waals surface area contributed by atoms with Gasteiger partial charge in [0.05, 0.1) is 18.6 Å². The molecule has 1 aliphatic rings. The predicted octanol–water partition coefficient (Wildman–Crippen LogP) is 1.90. The van der Waals surface area contributed by atoms with E-state index in [1.807, 2.05) is 30.3 Å². The Labute approximate surface area is 123 Å². The summed E-state index contributed by atoms with van der Waals surface area (Å²) >= 11 is 0. The number of allylic oxidation sites excluding steroid dienone is 1. The van der Waals surface area contributed by atoms with Crippen LogP contribution in [-0.4, -0.2) is 40.8 Å². The molecule has 0 saturated carbocycles. The molecule has 1 aliphatic heterocycles. The van der Waals surface area contributed by atoms with Crippen molar-refractivity contribution < 1.29 is 19.4 Å². The molecule has 5 heteroatoms. The first-order valence-corrected chi connectivity index (χ1v) is 6.95. The van der Waals surface area contributed by atoms with Crippen molar-refractivity contribution in [3.05, 3.63) is 48.0 Å². The number of hydrogen-bond acceptors (Lipinski definition) is 4. The van der Waals surface area contributed by atoms with Crippen molar-refractivity contribution >= 4 is 12.0 Å². The van der Waals surface area contributed by atoms with Gasteiger partial charge in [-0.2, -0.15) is 0 Å².